The SMILES string of the molecule is CCC(C(=O)N1CCN(Cc2cccc(OC)c2)CC1)n1cc(Br)cn1. The number of nitrogens with zero attached hydrogens (tertiary/aromatic N) is 4. The molecule has 1 aromatic carbocycles. The number of ether oxygens (including phenoxy) is 1. The lowest BCUT2D eigenvalue weighted by Gasteiger charge is -2.36. The van der Waals surface area contributed by atoms with Crippen LogP contribution in [-0.2, 0) is 11.3 Å². The highest BCUT2D eigenvalue weighted by Gasteiger charge is 2.28. The zero-order valence-electron chi connectivity index (χ0n) is 15.3. The van der Waals surface area contributed by atoms with Gasteiger partial charge in [-0.2, -0.15) is 5.10 Å². The van der Waals surface area contributed by atoms with Crippen molar-refractivity contribution in [3.05, 3.63) is 46.7 Å². The second-order valence-corrected chi connectivity index (χ2v) is 7.43. The van der Waals surface area contributed by atoms with E-state index in [0.717, 1.165) is 49.4 Å². The van der Waals surface area contributed by atoms with Crippen LogP contribution in [0.5, 0.6) is 5.75 Å². The Bertz CT molecular complexity index is 741. The summed E-state index contributed by atoms with van der Waals surface area (Å²) in [7, 11) is 1.69. The third kappa shape index (κ3) is 4.45. The van der Waals surface area contributed by atoms with Gasteiger partial charge in [0.1, 0.15) is 11.8 Å². The minimum Gasteiger partial charge on any atom is -0.497 e. The number of hydrogen-bond donors (Lipinski definition) is 0. The van der Waals surface area contributed by atoms with Crippen LogP contribution in [0.15, 0.2) is 41.1 Å². The largest absolute Gasteiger partial charge is 0.497 e. The quantitative estimate of drug-likeness (QED) is 0.720. The van der Waals surface area contributed by atoms with Crippen LogP contribution in [0, 0.1) is 0 Å². The number of carbonyl (C=O) groups is 1. The number of hydrogen-bond acceptors (Lipinski definition) is 4. The van der Waals surface area contributed by atoms with Gasteiger partial charge in [0.05, 0.1) is 17.8 Å². The lowest BCUT2D eigenvalue weighted by molar-refractivity contribution is -0.137. The van der Waals surface area contributed by atoms with E-state index in [1.165, 1.54) is 5.56 Å². The van der Waals surface area contributed by atoms with Crippen molar-refractivity contribution in [1.29, 1.82) is 0 Å². The van der Waals surface area contributed by atoms with Crippen molar-refractivity contribution in [2.24, 2.45) is 0 Å². The number of carbonyl (C=O) groups excluding carboxylic acids is 1. The minimum absolute atomic E-state index is 0.157. The molecule has 0 bridgehead atoms. The van der Waals surface area contributed by atoms with E-state index < -0.39 is 0 Å². The predicted octanol–water partition coefficient (Wildman–Crippen LogP) is 2.95. The van der Waals surface area contributed by atoms with E-state index in [9.17, 15) is 4.79 Å². The standard InChI is InChI=1S/C19H25BrN4O2/c1-3-18(24-14-16(20)12-21-24)19(25)23-9-7-22(8-10-23)13-15-5-4-6-17(11-15)26-2/h4-6,11-12,14,18H,3,7-10,13H2,1-2H3. The second kappa shape index (κ2) is 8.68. The molecule has 140 valence electrons. The molecule has 1 amide bonds. The zero-order valence-corrected chi connectivity index (χ0v) is 16.9. The van der Waals surface area contributed by atoms with Crippen molar-refractivity contribution in [1.82, 2.24) is 19.6 Å². The van der Waals surface area contributed by atoms with Gasteiger partial charge in [-0.05, 0) is 40.0 Å². The molecule has 1 aliphatic rings. The van der Waals surface area contributed by atoms with Crippen molar-refractivity contribution in [3.8, 4) is 5.75 Å². The maximum atomic E-state index is 12.9. The Labute approximate surface area is 162 Å². The highest BCUT2D eigenvalue weighted by Crippen LogP contribution is 2.20. The summed E-state index contributed by atoms with van der Waals surface area (Å²) < 4.78 is 7.95. The molecule has 0 radical (unpaired) electrons. The molecule has 6 nitrogen and oxygen atoms in total. The van der Waals surface area contributed by atoms with Crippen LogP contribution in [0.2, 0.25) is 0 Å². The molecule has 1 atom stereocenters. The maximum absolute atomic E-state index is 12.9. The highest BCUT2D eigenvalue weighted by molar-refractivity contribution is 9.10. The van der Waals surface area contributed by atoms with Crippen LogP contribution < -0.4 is 4.74 Å². The van der Waals surface area contributed by atoms with Gasteiger partial charge >= 0.3 is 0 Å². The lowest BCUT2D eigenvalue weighted by atomic mass is 10.1. The molecular weight excluding hydrogens is 396 g/mol. The number of aromatic nitrogens is 2. The summed E-state index contributed by atoms with van der Waals surface area (Å²) in [6.07, 6.45) is 4.32. The molecule has 1 aromatic heterocycles. The molecule has 1 fully saturated rings. The van der Waals surface area contributed by atoms with E-state index in [4.69, 9.17) is 4.74 Å². The molecule has 2 aromatic rings. The van der Waals surface area contributed by atoms with Crippen LogP contribution in [-0.4, -0.2) is 58.8 Å². The van der Waals surface area contributed by atoms with E-state index in [2.05, 4.69) is 38.1 Å². The maximum Gasteiger partial charge on any atom is 0.247 e. The van der Waals surface area contributed by atoms with Gasteiger partial charge in [0, 0.05) is 38.9 Å². The van der Waals surface area contributed by atoms with E-state index >= 15 is 0 Å². The van der Waals surface area contributed by atoms with Gasteiger partial charge in [-0.25, -0.2) is 0 Å². The van der Waals surface area contributed by atoms with Gasteiger partial charge in [0.25, 0.3) is 0 Å². The highest BCUT2D eigenvalue weighted by atomic mass is 79.9. The molecule has 1 unspecified atom stereocenters. The first-order chi connectivity index (χ1) is 12.6. The van der Waals surface area contributed by atoms with E-state index in [0.29, 0.717) is 0 Å². The summed E-state index contributed by atoms with van der Waals surface area (Å²) in [5.74, 6) is 1.04. The summed E-state index contributed by atoms with van der Waals surface area (Å²) in [6.45, 7) is 6.16. The molecule has 0 N–H and O–H groups in total. The molecular formula is C19H25BrN4O2. The molecule has 3 rings (SSSR count). The van der Waals surface area contributed by atoms with Gasteiger partial charge < -0.3 is 9.64 Å². The molecule has 0 saturated carbocycles. The Morgan fingerprint density at radius 2 is 2.08 bits per heavy atom. The van der Waals surface area contributed by atoms with Crippen molar-refractivity contribution in [2.45, 2.75) is 25.9 Å². The topological polar surface area (TPSA) is 50.6 Å². The minimum atomic E-state index is -0.230. The number of halogens is 1. The van der Waals surface area contributed by atoms with Crippen molar-refractivity contribution in [2.75, 3.05) is 33.3 Å². The van der Waals surface area contributed by atoms with E-state index in [-0.39, 0.29) is 11.9 Å². The number of benzene rings is 1. The molecule has 0 aliphatic carbocycles. The number of methoxy groups -OCH3 is 1. The van der Waals surface area contributed by atoms with Crippen LogP contribution in [0.1, 0.15) is 24.9 Å². The molecule has 2 heterocycles. The van der Waals surface area contributed by atoms with Gasteiger partial charge in [0.15, 0.2) is 0 Å². The Kier molecular flexibility index (Phi) is 6.32. The van der Waals surface area contributed by atoms with Gasteiger partial charge in [-0.3, -0.25) is 14.4 Å². The first-order valence-corrected chi connectivity index (χ1v) is 9.73. The molecule has 1 saturated heterocycles. The van der Waals surface area contributed by atoms with Gasteiger partial charge in [0.2, 0.25) is 5.91 Å². The second-order valence-electron chi connectivity index (χ2n) is 6.52. The fourth-order valence-electron chi connectivity index (χ4n) is 3.33. The molecule has 1 aliphatic heterocycles. The first kappa shape index (κ1) is 18.9. The third-order valence-corrected chi connectivity index (χ3v) is 5.19. The number of piperazine rings is 1. The normalized spacial score (nSPS) is 16.5. The van der Waals surface area contributed by atoms with E-state index in [1.54, 1.807) is 18.0 Å². The molecule has 26 heavy (non-hydrogen) atoms. The van der Waals surface area contributed by atoms with E-state index in [1.807, 2.05) is 30.2 Å². The Hall–Kier alpha value is -1.86. The van der Waals surface area contributed by atoms with Crippen molar-refractivity contribution in [3.63, 3.8) is 0 Å². The average molecular weight is 421 g/mol. The van der Waals surface area contributed by atoms with Gasteiger partial charge in [-0.1, -0.05) is 19.1 Å². The summed E-state index contributed by atoms with van der Waals surface area (Å²) in [5.41, 5.74) is 1.23. The van der Waals surface area contributed by atoms with Crippen LogP contribution in [0.25, 0.3) is 0 Å². The smallest absolute Gasteiger partial charge is 0.247 e. The zero-order chi connectivity index (χ0) is 18.5. The van der Waals surface area contributed by atoms with Crippen molar-refractivity contribution >= 4 is 21.8 Å². The summed E-state index contributed by atoms with van der Waals surface area (Å²) in [4.78, 5) is 17.2. The fraction of sp³-hybridized carbons (Fsp3) is 0.474. The first-order valence-electron chi connectivity index (χ1n) is 8.94. The van der Waals surface area contributed by atoms with Crippen LogP contribution in [0.3, 0.4) is 0 Å². The van der Waals surface area contributed by atoms with Gasteiger partial charge in [-0.15, -0.1) is 0 Å². The lowest BCUT2D eigenvalue weighted by Crippen LogP contribution is -2.50. The predicted molar refractivity (Wildman–Crippen MR) is 104 cm³/mol. The Morgan fingerprint density at radius 3 is 2.69 bits per heavy atom. The third-order valence-electron chi connectivity index (χ3n) is 4.79. The number of amides is 1. The summed E-state index contributed by atoms with van der Waals surface area (Å²) >= 11 is 3.40. The Morgan fingerprint density at radius 1 is 1.31 bits per heavy atom. The Balaban J connectivity index is 1.56. The molecule has 7 heteroatoms. The molecule has 0 spiro atoms. The average Bonchev–Trinajstić information content (AvgIpc) is 3.09. The monoisotopic (exact) mass is 420 g/mol. The van der Waals surface area contributed by atoms with Crippen molar-refractivity contribution < 1.29 is 9.53 Å². The number of rotatable bonds is 6. The summed E-state index contributed by atoms with van der Waals surface area (Å²) in [5, 5.41) is 4.29. The van der Waals surface area contributed by atoms with Crippen LogP contribution >= 0.6 is 15.9 Å². The summed E-state index contributed by atoms with van der Waals surface area (Å²) in [6, 6.07) is 7.93. The van der Waals surface area contributed by atoms with Crippen LogP contribution in [0.4, 0.5) is 0 Å². The fourth-order valence-corrected chi connectivity index (χ4v) is 3.63.